The van der Waals surface area contributed by atoms with Crippen molar-refractivity contribution in [3.05, 3.63) is 53.6 Å². The van der Waals surface area contributed by atoms with Crippen molar-refractivity contribution in [2.45, 2.75) is 18.9 Å². The topological polar surface area (TPSA) is 42.5 Å². The van der Waals surface area contributed by atoms with Crippen molar-refractivity contribution in [3.8, 4) is 11.5 Å². The number of thiocarbonyl (C=S) groups is 1. The van der Waals surface area contributed by atoms with E-state index in [0.29, 0.717) is 11.2 Å². The number of anilines is 1. The van der Waals surface area contributed by atoms with Crippen LogP contribution in [0.5, 0.6) is 11.5 Å². The van der Waals surface area contributed by atoms with Gasteiger partial charge in [0.15, 0.2) is 16.6 Å². The fourth-order valence-corrected chi connectivity index (χ4v) is 3.27. The molecular weight excluding hydrogens is 296 g/mol. The highest BCUT2D eigenvalue weighted by Crippen LogP contribution is 2.34. The van der Waals surface area contributed by atoms with Crippen LogP contribution in [0.15, 0.2) is 42.5 Å². The molecule has 0 atom stereocenters. The van der Waals surface area contributed by atoms with Crippen LogP contribution in [-0.2, 0) is 12.8 Å². The molecule has 2 aromatic carbocycles. The molecule has 112 valence electrons. The minimum atomic E-state index is 0.280. The van der Waals surface area contributed by atoms with Crippen molar-refractivity contribution in [2.75, 3.05) is 12.1 Å². The van der Waals surface area contributed by atoms with Gasteiger partial charge in [-0.15, -0.1) is 0 Å². The quantitative estimate of drug-likeness (QED) is 0.835. The van der Waals surface area contributed by atoms with E-state index in [0.717, 1.165) is 30.0 Å². The van der Waals surface area contributed by atoms with E-state index >= 15 is 0 Å². The van der Waals surface area contributed by atoms with Crippen molar-refractivity contribution in [1.82, 2.24) is 5.32 Å². The number of fused-ring (bicyclic) bond motifs is 2. The van der Waals surface area contributed by atoms with Crippen LogP contribution in [0.4, 0.5) is 5.69 Å². The average molecular weight is 312 g/mol. The Balaban J connectivity index is 1.38. The third-order valence-corrected chi connectivity index (χ3v) is 4.24. The summed E-state index contributed by atoms with van der Waals surface area (Å²) in [7, 11) is 0. The smallest absolute Gasteiger partial charge is 0.231 e. The summed E-state index contributed by atoms with van der Waals surface area (Å²) in [5, 5.41) is 7.24. The standard InChI is InChI=1S/C17H16N2O2S/c22-17(18-13-5-6-15-16(9-13)21-10-20-15)19-14-7-11-3-1-2-4-12(11)8-14/h1-6,9,14H,7-8,10H2,(H2,18,19,22). The van der Waals surface area contributed by atoms with E-state index in [1.54, 1.807) is 0 Å². The normalized spacial score (nSPS) is 15.5. The number of ether oxygens (including phenoxy) is 2. The first kappa shape index (κ1) is 13.4. The Bertz CT molecular complexity index is 707. The molecule has 0 fully saturated rings. The van der Waals surface area contributed by atoms with Gasteiger partial charge in [0, 0.05) is 17.8 Å². The fraction of sp³-hybridized carbons (Fsp3) is 0.235. The van der Waals surface area contributed by atoms with Gasteiger partial charge in [-0.25, -0.2) is 0 Å². The Labute approximate surface area is 134 Å². The lowest BCUT2D eigenvalue weighted by atomic mass is 10.1. The molecule has 4 nitrogen and oxygen atoms in total. The van der Waals surface area contributed by atoms with Crippen LogP contribution >= 0.6 is 12.2 Å². The first-order chi connectivity index (χ1) is 10.8. The van der Waals surface area contributed by atoms with E-state index in [-0.39, 0.29) is 6.79 Å². The van der Waals surface area contributed by atoms with Crippen molar-refractivity contribution in [2.24, 2.45) is 0 Å². The molecule has 0 aromatic heterocycles. The van der Waals surface area contributed by atoms with Crippen LogP contribution < -0.4 is 20.1 Å². The Morgan fingerprint density at radius 1 is 1.00 bits per heavy atom. The fourth-order valence-electron chi connectivity index (χ4n) is 2.99. The number of hydrogen-bond donors (Lipinski definition) is 2. The summed E-state index contributed by atoms with van der Waals surface area (Å²) in [6.45, 7) is 0.280. The second kappa shape index (κ2) is 5.50. The second-order valence-electron chi connectivity index (χ2n) is 5.54. The van der Waals surface area contributed by atoms with Crippen LogP contribution in [-0.4, -0.2) is 17.9 Å². The van der Waals surface area contributed by atoms with E-state index in [2.05, 4.69) is 34.9 Å². The predicted octanol–water partition coefficient (Wildman–Crippen LogP) is 2.87. The number of nitrogens with one attached hydrogen (secondary N) is 2. The van der Waals surface area contributed by atoms with Gasteiger partial charge >= 0.3 is 0 Å². The van der Waals surface area contributed by atoms with Crippen molar-refractivity contribution in [1.29, 1.82) is 0 Å². The monoisotopic (exact) mass is 312 g/mol. The van der Waals surface area contributed by atoms with Crippen molar-refractivity contribution < 1.29 is 9.47 Å². The van der Waals surface area contributed by atoms with Crippen LogP contribution in [0.3, 0.4) is 0 Å². The maximum absolute atomic E-state index is 5.42. The molecule has 0 saturated carbocycles. The molecule has 2 aliphatic rings. The van der Waals surface area contributed by atoms with Gasteiger partial charge < -0.3 is 20.1 Å². The van der Waals surface area contributed by atoms with Gasteiger partial charge in [-0.05, 0) is 48.3 Å². The lowest BCUT2D eigenvalue weighted by Crippen LogP contribution is -2.38. The molecule has 0 bridgehead atoms. The summed E-state index contributed by atoms with van der Waals surface area (Å²) < 4.78 is 10.7. The minimum Gasteiger partial charge on any atom is -0.454 e. The highest BCUT2D eigenvalue weighted by molar-refractivity contribution is 7.80. The molecular formula is C17H16N2O2S. The van der Waals surface area contributed by atoms with E-state index in [1.807, 2.05) is 18.2 Å². The lowest BCUT2D eigenvalue weighted by molar-refractivity contribution is 0.174. The van der Waals surface area contributed by atoms with Gasteiger partial charge in [0.1, 0.15) is 0 Å². The second-order valence-corrected chi connectivity index (χ2v) is 5.95. The Hall–Kier alpha value is -2.27. The summed E-state index contributed by atoms with van der Waals surface area (Å²) >= 11 is 5.42. The number of benzene rings is 2. The first-order valence-electron chi connectivity index (χ1n) is 7.32. The van der Waals surface area contributed by atoms with Crippen LogP contribution in [0.1, 0.15) is 11.1 Å². The third-order valence-electron chi connectivity index (χ3n) is 4.02. The van der Waals surface area contributed by atoms with Crippen molar-refractivity contribution in [3.63, 3.8) is 0 Å². The summed E-state index contributed by atoms with van der Waals surface area (Å²) in [6, 6.07) is 14.6. The molecule has 4 rings (SSSR count). The molecule has 1 heterocycles. The molecule has 0 unspecified atom stereocenters. The molecule has 1 aliphatic carbocycles. The predicted molar refractivity (Wildman–Crippen MR) is 89.6 cm³/mol. The molecule has 5 heteroatoms. The van der Waals surface area contributed by atoms with Gasteiger partial charge in [0.2, 0.25) is 6.79 Å². The summed E-state index contributed by atoms with van der Waals surface area (Å²) in [6.07, 6.45) is 2.03. The highest BCUT2D eigenvalue weighted by atomic mass is 32.1. The maximum Gasteiger partial charge on any atom is 0.231 e. The van der Waals surface area contributed by atoms with Gasteiger partial charge in [-0.2, -0.15) is 0 Å². The molecule has 1 aliphatic heterocycles. The van der Waals surface area contributed by atoms with E-state index in [1.165, 1.54) is 11.1 Å². The Morgan fingerprint density at radius 3 is 2.50 bits per heavy atom. The first-order valence-corrected chi connectivity index (χ1v) is 7.73. The molecule has 0 spiro atoms. The van der Waals surface area contributed by atoms with Gasteiger partial charge in [0.05, 0.1) is 0 Å². The SMILES string of the molecule is S=C(Nc1ccc2c(c1)OCO2)NC1Cc2ccccc2C1. The molecule has 22 heavy (non-hydrogen) atoms. The van der Waals surface area contributed by atoms with Gasteiger partial charge in [-0.3, -0.25) is 0 Å². The van der Waals surface area contributed by atoms with E-state index < -0.39 is 0 Å². The molecule has 2 aromatic rings. The maximum atomic E-state index is 5.42. The zero-order chi connectivity index (χ0) is 14.9. The zero-order valence-electron chi connectivity index (χ0n) is 12.0. The number of rotatable bonds is 2. The average Bonchev–Trinajstić information content (AvgIpc) is 3.11. The molecule has 0 radical (unpaired) electrons. The Morgan fingerprint density at radius 2 is 1.73 bits per heavy atom. The third kappa shape index (κ3) is 2.60. The molecule has 0 saturated heterocycles. The van der Waals surface area contributed by atoms with Gasteiger partial charge in [0.25, 0.3) is 0 Å². The van der Waals surface area contributed by atoms with E-state index in [4.69, 9.17) is 21.7 Å². The highest BCUT2D eigenvalue weighted by Gasteiger charge is 2.21. The van der Waals surface area contributed by atoms with Crippen LogP contribution in [0, 0.1) is 0 Å². The van der Waals surface area contributed by atoms with Crippen LogP contribution in [0.2, 0.25) is 0 Å². The minimum absolute atomic E-state index is 0.280. The Kier molecular flexibility index (Phi) is 3.35. The van der Waals surface area contributed by atoms with E-state index in [9.17, 15) is 0 Å². The summed E-state index contributed by atoms with van der Waals surface area (Å²) in [5.74, 6) is 1.52. The lowest BCUT2D eigenvalue weighted by Gasteiger charge is -2.16. The number of hydrogen-bond acceptors (Lipinski definition) is 3. The van der Waals surface area contributed by atoms with Crippen LogP contribution in [0.25, 0.3) is 0 Å². The zero-order valence-corrected chi connectivity index (χ0v) is 12.8. The summed E-state index contributed by atoms with van der Waals surface area (Å²) in [5.41, 5.74) is 3.72. The molecule has 2 N–H and O–H groups in total. The van der Waals surface area contributed by atoms with Crippen molar-refractivity contribution >= 4 is 23.0 Å². The molecule has 0 amide bonds. The van der Waals surface area contributed by atoms with Gasteiger partial charge in [-0.1, -0.05) is 24.3 Å². The summed E-state index contributed by atoms with van der Waals surface area (Å²) in [4.78, 5) is 0. The largest absolute Gasteiger partial charge is 0.454 e.